The van der Waals surface area contributed by atoms with E-state index in [1.54, 1.807) is 0 Å². The number of nitrogen functional groups attached to an aromatic ring is 1. The number of aromatic nitrogens is 2. The van der Waals surface area contributed by atoms with Gasteiger partial charge in [0.25, 0.3) is 0 Å². The first-order valence-electron chi connectivity index (χ1n) is 7.01. The molecule has 2 atom stereocenters. The predicted molar refractivity (Wildman–Crippen MR) is 73.9 cm³/mol. The van der Waals surface area contributed by atoms with Gasteiger partial charge in [-0.1, -0.05) is 26.7 Å². The third kappa shape index (κ3) is 2.60. The first-order chi connectivity index (χ1) is 9.08. The molecule has 1 heterocycles. The molecule has 19 heavy (non-hydrogen) atoms. The van der Waals surface area contributed by atoms with Gasteiger partial charge in [-0.05, 0) is 18.3 Å². The lowest BCUT2D eigenvalue weighted by atomic mass is 9.98. The minimum Gasteiger partial charge on any atom is -0.464 e. The molecule has 0 radical (unpaired) electrons. The molecular weight excluding hydrogens is 242 g/mol. The van der Waals surface area contributed by atoms with Gasteiger partial charge in [-0.3, -0.25) is 0 Å². The fourth-order valence-electron chi connectivity index (χ4n) is 2.96. The lowest BCUT2D eigenvalue weighted by Crippen LogP contribution is -2.17. The molecule has 0 saturated heterocycles. The van der Waals surface area contributed by atoms with Gasteiger partial charge in [-0.15, -0.1) is 0 Å². The molecule has 0 aromatic carbocycles. The van der Waals surface area contributed by atoms with Crippen LogP contribution in [0.5, 0.6) is 0 Å². The smallest absolute Gasteiger partial charge is 0.360 e. The highest BCUT2D eigenvalue weighted by atomic mass is 16.5. The second kappa shape index (κ2) is 5.63. The SMILES string of the molecule is CCc1nc(C(=O)OC)c(N)n1CC1CCCC1C. The Bertz CT molecular complexity index is 468. The summed E-state index contributed by atoms with van der Waals surface area (Å²) in [5.41, 5.74) is 6.33. The third-order valence-corrected chi connectivity index (χ3v) is 4.24. The van der Waals surface area contributed by atoms with Crippen molar-refractivity contribution in [3.8, 4) is 0 Å². The number of carbonyl (C=O) groups is 1. The highest BCUT2D eigenvalue weighted by Crippen LogP contribution is 2.33. The summed E-state index contributed by atoms with van der Waals surface area (Å²) < 4.78 is 6.73. The first kappa shape index (κ1) is 13.9. The molecule has 0 spiro atoms. The molecule has 2 N–H and O–H groups in total. The van der Waals surface area contributed by atoms with E-state index in [4.69, 9.17) is 10.5 Å². The van der Waals surface area contributed by atoms with Crippen molar-refractivity contribution >= 4 is 11.8 Å². The summed E-state index contributed by atoms with van der Waals surface area (Å²) in [4.78, 5) is 16.0. The molecule has 5 nitrogen and oxygen atoms in total. The molecule has 0 bridgehead atoms. The van der Waals surface area contributed by atoms with E-state index in [2.05, 4.69) is 11.9 Å². The Morgan fingerprint density at radius 1 is 1.53 bits per heavy atom. The zero-order valence-electron chi connectivity index (χ0n) is 12.0. The summed E-state index contributed by atoms with van der Waals surface area (Å²) in [5.74, 6) is 2.21. The summed E-state index contributed by atoms with van der Waals surface area (Å²) in [6.07, 6.45) is 4.56. The predicted octanol–water partition coefficient (Wildman–Crippen LogP) is 2.25. The van der Waals surface area contributed by atoms with Gasteiger partial charge in [0.05, 0.1) is 7.11 Å². The molecule has 2 unspecified atom stereocenters. The number of aryl methyl sites for hydroxylation is 1. The number of methoxy groups -OCH3 is 1. The monoisotopic (exact) mass is 265 g/mol. The van der Waals surface area contributed by atoms with Crippen LogP contribution in [0.25, 0.3) is 0 Å². The van der Waals surface area contributed by atoms with Crippen molar-refractivity contribution in [3.63, 3.8) is 0 Å². The molecule has 1 saturated carbocycles. The van der Waals surface area contributed by atoms with E-state index >= 15 is 0 Å². The molecule has 1 aromatic heterocycles. The second-order valence-corrected chi connectivity index (χ2v) is 5.39. The summed E-state index contributed by atoms with van der Waals surface area (Å²) in [5, 5.41) is 0. The van der Waals surface area contributed by atoms with Gasteiger partial charge in [0.15, 0.2) is 5.69 Å². The lowest BCUT2D eigenvalue weighted by molar-refractivity contribution is 0.0595. The molecule has 1 aromatic rings. The van der Waals surface area contributed by atoms with Gasteiger partial charge >= 0.3 is 5.97 Å². The van der Waals surface area contributed by atoms with Gasteiger partial charge in [0.2, 0.25) is 0 Å². The quantitative estimate of drug-likeness (QED) is 0.848. The van der Waals surface area contributed by atoms with Crippen molar-refractivity contribution < 1.29 is 9.53 Å². The Balaban J connectivity index is 2.28. The van der Waals surface area contributed by atoms with E-state index in [0.29, 0.717) is 17.7 Å². The Labute approximate surface area is 114 Å². The molecule has 5 heteroatoms. The Morgan fingerprint density at radius 3 is 2.79 bits per heavy atom. The van der Waals surface area contributed by atoms with Crippen LogP contribution in [-0.2, 0) is 17.7 Å². The molecule has 1 aliphatic carbocycles. The van der Waals surface area contributed by atoms with E-state index in [1.807, 2.05) is 11.5 Å². The number of imidazole rings is 1. The van der Waals surface area contributed by atoms with Crippen molar-refractivity contribution in [2.75, 3.05) is 12.8 Å². The van der Waals surface area contributed by atoms with Gasteiger partial charge in [0, 0.05) is 13.0 Å². The van der Waals surface area contributed by atoms with Crippen LogP contribution in [0.2, 0.25) is 0 Å². The number of ether oxygens (including phenoxy) is 1. The summed E-state index contributed by atoms with van der Waals surface area (Å²) >= 11 is 0. The van der Waals surface area contributed by atoms with Crippen molar-refractivity contribution in [2.24, 2.45) is 11.8 Å². The number of carbonyl (C=O) groups excluding carboxylic acids is 1. The van der Waals surface area contributed by atoms with E-state index in [9.17, 15) is 4.79 Å². The molecule has 2 rings (SSSR count). The van der Waals surface area contributed by atoms with Crippen LogP contribution >= 0.6 is 0 Å². The maximum absolute atomic E-state index is 11.6. The number of hydrogen-bond donors (Lipinski definition) is 1. The first-order valence-corrected chi connectivity index (χ1v) is 7.01. The second-order valence-electron chi connectivity index (χ2n) is 5.39. The summed E-state index contributed by atoms with van der Waals surface area (Å²) in [6.45, 7) is 5.18. The van der Waals surface area contributed by atoms with Crippen molar-refractivity contribution in [1.82, 2.24) is 9.55 Å². The topological polar surface area (TPSA) is 70.1 Å². The fourth-order valence-corrected chi connectivity index (χ4v) is 2.96. The fraction of sp³-hybridized carbons (Fsp3) is 0.714. The van der Waals surface area contributed by atoms with Crippen LogP contribution in [0.3, 0.4) is 0 Å². The Hall–Kier alpha value is -1.52. The molecule has 1 fully saturated rings. The Morgan fingerprint density at radius 2 is 2.26 bits per heavy atom. The van der Waals surface area contributed by atoms with Gasteiger partial charge in [-0.25, -0.2) is 9.78 Å². The van der Waals surface area contributed by atoms with E-state index < -0.39 is 5.97 Å². The van der Waals surface area contributed by atoms with Crippen LogP contribution in [-0.4, -0.2) is 22.6 Å². The molecular formula is C14H23N3O2. The Kier molecular flexibility index (Phi) is 4.12. The molecule has 0 aliphatic heterocycles. The number of hydrogen-bond acceptors (Lipinski definition) is 4. The molecule has 106 valence electrons. The van der Waals surface area contributed by atoms with Gasteiger partial charge in [0.1, 0.15) is 11.6 Å². The van der Waals surface area contributed by atoms with E-state index in [-0.39, 0.29) is 5.69 Å². The van der Waals surface area contributed by atoms with Crippen LogP contribution < -0.4 is 5.73 Å². The zero-order chi connectivity index (χ0) is 14.0. The largest absolute Gasteiger partial charge is 0.464 e. The van der Waals surface area contributed by atoms with Crippen molar-refractivity contribution in [3.05, 3.63) is 11.5 Å². The van der Waals surface area contributed by atoms with Crippen LogP contribution in [0.1, 0.15) is 49.4 Å². The van der Waals surface area contributed by atoms with Gasteiger partial charge in [-0.2, -0.15) is 0 Å². The number of anilines is 1. The average molecular weight is 265 g/mol. The standard InChI is InChI=1S/C14H23N3O2/c1-4-11-16-12(14(18)19-3)13(15)17(11)8-10-7-5-6-9(10)2/h9-10H,4-8,15H2,1-3H3. The normalized spacial score (nSPS) is 22.7. The van der Waals surface area contributed by atoms with Crippen LogP contribution in [0, 0.1) is 11.8 Å². The maximum atomic E-state index is 11.6. The summed E-state index contributed by atoms with van der Waals surface area (Å²) in [6, 6.07) is 0. The number of nitrogens with two attached hydrogens (primary N) is 1. The minimum absolute atomic E-state index is 0.255. The van der Waals surface area contributed by atoms with E-state index in [1.165, 1.54) is 26.4 Å². The highest BCUT2D eigenvalue weighted by Gasteiger charge is 2.27. The van der Waals surface area contributed by atoms with Crippen LogP contribution in [0.15, 0.2) is 0 Å². The lowest BCUT2D eigenvalue weighted by Gasteiger charge is -2.18. The van der Waals surface area contributed by atoms with Crippen molar-refractivity contribution in [2.45, 2.75) is 46.1 Å². The number of rotatable bonds is 4. The summed E-state index contributed by atoms with van der Waals surface area (Å²) in [7, 11) is 1.35. The van der Waals surface area contributed by atoms with Crippen LogP contribution in [0.4, 0.5) is 5.82 Å². The van der Waals surface area contributed by atoms with Gasteiger partial charge < -0.3 is 15.0 Å². The minimum atomic E-state index is -0.453. The number of esters is 1. The molecule has 0 amide bonds. The number of nitrogens with zero attached hydrogens (tertiary/aromatic N) is 2. The maximum Gasteiger partial charge on any atom is 0.360 e. The van der Waals surface area contributed by atoms with E-state index in [0.717, 1.165) is 18.8 Å². The molecule has 1 aliphatic rings. The zero-order valence-corrected chi connectivity index (χ0v) is 12.0. The highest BCUT2D eigenvalue weighted by molar-refractivity contribution is 5.92. The average Bonchev–Trinajstić information content (AvgIpc) is 2.95. The third-order valence-electron chi connectivity index (χ3n) is 4.24. The van der Waals surface area contributed by atoms with Crippen molar-refractivity contribution in [1.29, 1.82) is 0 Å².